The Hall–Kier alpha value is -0.410. The molecular weight excluding hydrogens is 168 g/mol. The molecule has 76 valence electrons. The van der Waals surface area contributed by atoms with Crippen molar-refractivity contribution in [2.45, 2.75) is 44.8 Å². The molecule has 1 heterocycles. The van der Waals surface area contributed by atoms with Crippen molar-refractivity contribution >= 4 is 6.29 Å². The first-order valence-corrected chi connectivity index (χ1v) is 4.90. The molecule has 3 nitrogen and oxygen atoms in total. The van der Waals surface area contributed by atoms with Crippen LogP contribution in [0.25, 0.3) is 0 Å². The van der Waals surface area contributed by atoms with Gasteiger partial charge in [0.25, 0.3) is 0 Å². The van der Waals surface area contributed by atoms with Crippen molar-refractivity contribution < 1.29 is 14.3 Å². The molecule has 0 aliphatic carbocycles. The van der Waals surface area contributed by atoms with Gasteiger partial charge in [-0.3, -0.25) is 0 Å². The van der Waals surface area contributed by atoms with Crippen LogP contribution in [-0.4, -0.2) is 31.2 Å². The van der Waals surface area contributed by atoms with Crippen molar-refractivity contribution in [1.82, 2.24) is 0 Å². The predicted octanol–water partition coefficient (Wildman–Crippen LogP) is 1.55. The van der Waals surface area contributed by atoms with E-state index in [4.69, 9.17) is 9.47 Å². The fraction of sp³-hybridized carbons (Fsp3) is 0.900. The van der Waals surface area contributed by atoms with Crippen LogP contribution in [0.1, 0.15) is 33.1 Å². The normalized spacial score (nSPS) is 30.1. The molecule has 0 saturated carbocycles. The van der Waals surface area contributed by atoms with Gasteiger partial charge in [-0.25, -0.2) is 0 Å². The summed E-state index contributed by atoms with van der Waals surface area (Å²) in [6.45, 7) is 5.29. The molecule has 0 aromatic carbocycles. The summed E-state index contributed by atoms with van der Waals surface area (Å²) in [5, 5.41) is 0. The summed E-state index contributed by atoms with van der Waals surface area (Å²) in [5.41, 5.74) is -0.579. The Labute approximate surface area is 79.4 Å². The fourth-order valence-corrected chi connectivity index (χ4v) is 1.68. The number of hydrogen-bond acceptors (Lipinski definition) is 3. The lowest BCUT2D eigenvalue weighted by atomic mass is 9.96. The van der Waals surface area contributed by atoms with Crippen molar-refractivity contribution in [2.75, 3.05) is 13.2 Å². The Balaban J connectivity index is 2.59. The lowest BCUT2D eigenvalue weighted by Gasteiger charge is -2.28. The van der Waals surface area contributed by atoms with Crippen molar-refractivity contribution in [1.29, 1.82) is 0 Å². The van der Waals surface area contributed by atoms with Crippen LogP contribution in [0, 0.1) is 0 Å². The van der Waals surface area contributed by atoms with Crippen molar-refractivity contribution in [3.8, 4) is 0 Å². The minimum absolute atomic E-state index is 0.100. The number of hydrogen-bond donors (Lipinski definition) is 0. The summed E-state index contributed by atoms with van der Waals surface area (Å²) < 4.78 is 11.0. The van der Waals surface area contributed by atoms with Gasteiger partial charge in [-0.1, -0.05) is 0 Å². The summed E-state index contributed by atoms with van der Waals surface area (Å²) in [6, 6.07) is 0. The summed E-state index contributed by atoms with van der Waals surface area (Å²) in [4.78, 5) is 11.0. The number of carbonyl (C=O) groups excluding carboxylic acids is 1. The molecule has 13 heavy (non-hydrogen) atoms. The van der Waals surface area contributed by atoms with E-state index in [2.05, 4.69) is 0 Å². The van der Waals surface area contributed by atoms with Gasteiger partial charge in [0.2, 0.25) is 0 Å². The van der Waals surface area contributed by atoms with Gasteiger partial charge in [-0.15, -0.1) is 0 Å². The van der Waals surface area contributed by atoms with Gasteiger partial charge in [0.1, 0.15) is 5.60 Å². The van der Waals surface area contributed by atoms with Crippen LogP contribution in [0.2, 0.25) is 0 Å². The summed E-state index contributed by atoms with van der Waals surface area (Å²) in [6.07, 6.45) is 3.43. The van der Waals surface area contributed by atoms with E-state index in [-0.39, 0.29) is 6.10 Å². The van der Waals surface area contributed by atoms with E-state index in [9.17, 15) is 4.79 Å². The zero-order valence-corrected chi connectivity index (χ0v) is 8.41. The van der Waals surface area contributed by atoms with Crippen LogP contribution in [0.15, 0.2) is 0 Å². The van der Waals surface area contributed by atoms with E-state index in [1.165, 1.54) is 0 Å². The summed E-state index contributed by atoms with van der Waals surface area (Å²) >= 11 is 0. The van der Waals surface area contributed by atoms with E-state index in [1.807, 2.05) is 13.8 Å². The van der Waals surface area contributed by atoms with Gasteiger partial charge in [0, 0.05) is 19.6 Å². The van der Waals surface area contributed by atoms with Gasteiger partial charge in [-0.05, 0) is 26.7 Å². The second kappa shape index (κ2) is 4.72. The van der Waals surface area contributed by atoms with E-state index in [1.54, 1.807) is 0 Å². The maximum Gasteiger partial charge on any atom is 0.151 e. The molecule has 3 heteroatoms. The summed E-state index contributed by atoms with van der Waals surface area (Å²) in [5.74, 6) is 0. The maximum absolute atomic E-state index is 11.0. The minimum atomic E-state index is -0.579. The standard InChI is InChI=1S/C10H18O3/c1-9(2)13-10(8-11)4-3-6-12-7-5-10/h8-9H,3-7H2,1-2H3. The van der Waals surface area contributed by atoms with Crippen molar-refractivity contribution in [3.05, 3.63) is 0 Å². The van der Waals surface area contributed by atoms with Crippen molar-refractivity contribution in [2.24, 2.45) is 0 Å². The topological polar surface area (TPSA) is 35.5 Å². The van der Waals surface area contributed by atoms with Gasteiger partial charge < -0.3 is 14.3 Å². The second-order valence-corrected chi connectivity index (χ2v) is 3.82. The largest absolute Gasteiger partial charge is 0.381 e. The van der Waals surface area contributed by atoms with Crippen molar-refractivity contribution in [3.63, 3.8) is 0 Å². The number of rotatable bonds is 3. The Morgan fingerprint density at radius 1 is 1.38 bits per heavy atom. The van der Waals surface area contributed by atoms with Crippen LogP contribution < -0.4 is 0 Å². The highest BCUT2D eigenvalue weighted by Crippen LogP contribution is 2.24. The monoisotopic (exact) mass is 186 g/mol. The molecule has 1 fully saturated rings. The van der Waals surface area contributed by atoms with E-state index >= 15 is 0 Å². The van der Waals surface area contributed by atoms with E-state index in [0.29, 0.717) is 13.0 Å². The van der Waals surface area contributed by atoms with Crippen LogP contribution >= 0.6 is 0 Å². The summed E-state index contributed by atoms with van der Waals surface area (Å²) in [7, 11) is 0. The molecule has 1 aliphatic heterocycles. The quantitative estimate of drug-likeness (QED) is 0.627. The molecule has 0 spiro atoms. The predicted molar refractivity (Wildman–Crippen MR) is 49.7 cm³/mol. The van der Waals surface area contributed by atoms with E-state index < -0.39 is 5.60 Å². The Morgan fingerprint density at radius 3 is 2.77 bits per heavy atom. The molecule has 1 unspecified atom stereocenters. The molecule has 0 radical (unpaired) electrons. The highest BCUT2D eigenvalue weighted by molar-refractivity contribution is 5.62. The molecule has 0 N–H and O–H groups in total. The first kappa shape index (κ1) is 10.7. The first-order chi connectivity index (χ1) is 6.18. The lowest BCUT2D eigenvalue weighted by Crippen LogP contribution is -2.37. The Morgan fingerprint density at radius 2 is 2.15 bits per heavy atom. The third kappa shape index (κ3) is 3.08. The number of ether oxygens (including phenoxy) is 2. The number of carbonyl (C=O) groups is 1. The van der Waals surface area contributed by atoms with Crippen LogP contribution in [0.3, 0.4) is 0 Å². The average molecular weight is 186 g/mol. The third-order valence-corrected chi connectivity index (χ3v) is 2.24. The minimum Gasteiger partial charge on any atom is -0.381 e. The molecule has 1 atom stereocenters. The number of aldehydes is 1. The molecule has 0 bridgehead atoms. The van der Waals surface area contributed by atoms with Gasteiger partial charge in [-0.2, -0.15) is 0 Å². The second-order valence-electron chi connectivity index (χ2n) is 3.82. The van der Waals surface area contributed by atoms with Crippen LogP contribution in [0.4, 0.5) is 0 Å². The SMILES string of the molecule is CC(C)OC1(C=O)CCCOCC1. The zero-order chi connectivity index (χ0) is 9.73. The Kier molecular flexibility index (Phi) is 3.88. The first-order valence-electron chi connectivity index (χ1n) is 4.90. The molecule has 1 rings (SSSR count). The fourth-order valence-electron chi connectivity index (χ4n) is 1.68. The molecule has 1 aliphatic rings. The highest BCUT2D eigenvalue weighted by Gasteiger charge is 2.32. The molecule has 1 saturated heterocycles. The zero-order valence-electron chi connectivity index (χ0n) is 8.41. The highest BCUT2D eigenvalue weighted by atomic mass is 16.5. The lowest BCUT2D eigenvalue weighted by molar-refractivity contribution is -0.140. The van der Waals surface area contributed by atoms with Gasteiger partial charge in [0.15, 0.2) is 6.29 Å². The molecular formula is C10H18O3. The van der Waals surface area contributed by atoms with Crippen LogP contribution in [0.5, 0.6) is 0 Å². The smallest absolute Gasteiger partial charge is 0.151 e. The molecule has 0 amide bonds. The third-order valence-electron chi connectivity index (χ3n) is 2.24. The van der Waals surface area contributed by atoms with Crippen LogP contribution in [-0.2, 0) is 14.3 Å². The average Bonchev–Trinajstić information content (AvgIpc) is 2.30. The Bertz CT molecular complexity index is 158. The van der Waals surface area contributed by atoms with E-state index in [0.717, 1.165) is 25.7 Å². The maximum atomic E-state index is 11.0. The van der Waals surface area contributed by atoms with Gasteiger partial charge in [0.05, 0.1) is 6.10 Å². The van der Waals surface area contributed by atoms with Gasteiger partial charge >= 0.3 is 0 Å². The molecule has 0 aromatic rings. The molecule has 0 aromatic heterocycles.